The van der Waals surface area contributed by atoms with Crippen LogP contribution in [0.5, 0.6) is 5.75 Å². The molecule has 0 saturated carbocycles. The van der Waals surface area contributed by atoms with E-state index >= 15 is 0 Å². The number of fused-ring (bicyclic) bond motifs is 3. The summed E-state index contributed by atoms with van der Waals surface area (Å²) < 4.78 is 23.6. The van der Waals surface area contributed by atoms with Gasteiger partial charge >= 0.3 is 0 Å². The summed E-state index contributed by atoms with van der Waals surface area (Å²) in [4.78, 5) is 29.7. The Morgan fingerprint density at radius 1 is 1.06 bits per heavy atom. The van der Waals surface area contributed by atoms with Crippen LogP contribution in [-0.2, 0) is 19.0 Å². The number of para-hydroxylation sites is 1. The zero-order valence-corrected chi connectivity index (χ0v) is 20.7. The van der Waals surface area contributed by atoms with Crippen LogP contribution in [0, 0.1) is 17.2 Å². The zero-order valence-electron chi connectivity index (χ0n) is 20.7. The van der Waals surface area contributed by atoms with Gasteiger partial charge in [0.05, 0.1) is 35.4 Å². The molecule has 3 rings (SSSR count). The Morgan fingerprint density at radius 2 is 1.79 bits per heavy atom. The summed E-state index contributed by atoms with van der Waals surface area (Å²) in [5, 5.41) is 9.66. The molecule has 1 aromatic carbocycles. The maximum absolute atomic E-state index is 13.4. The van der Waals surface area contributed by atoms with Crippen molar-refractivity contribution in [2.45, 2.75) is 50.6 Å². The van der Waals surface area contributed by atoms with Crippen molar-refractivity contribution in [3.05, 3.63) is 29.3 Å². The van der Waals surface area contributed by atoms with Crippen molar-refractivity contribution in [2.75, 3.05) is 48.0 Å². The summed E-state index contributed by atoms with van der Waals surface area (Å²) in [6.07, 6.45) is 1.25. The lowest BCUT2D eigenvalue weighted by atomic mass is 9.98. The fourth-order valence-corrected chi connectivity index (χ4v) is 4.63. The molecule has 1 fully saturated rings. The van der Waals surface area contributed by atoms with E-state index in [4.69, 9.17) is 18.9 Å². The van der Waals surface area contributed by atoms with Crippen LogP contribution in [0.1, 0.15) is 42.1 Å². The number of rotatable bonds is 2. The van der Waals surface area contributed by atoms with E-state index in [1.165, 1.54) is 12.0 Å². The Kier molecular flexibility index (Phi) is 8.89. The minimum absolute atomic E-state index is 0.0441. The number of nitriles is 1. The van der Waals surface area contributed by atoms with Crippen LogP contribution >= 0.6 is 0 Å². The Balaban J connectivity index is 1.98. The Hall–Kier alpha value is -2.67. The fourth-order valence-electron chi connectivity index (χ4n) is 4.63. The quantitative estimate of drug-likeness (QED) is 0.648. The van der Waals surface area contributed by atoms with Gasteiger partial charge in [0.2, 0.25) is 5.91 Å². The summed E-state index contributed by atoms with van der Waals surface area (Å²) >= 11 is 0. The molecule has 0 spiro atoms. The smallest absolute Gasteiger partial charge is 0.257 e. The maximum atomic E-state index is 13.4. The van der Waals surface area contributed by atoms with E-state index in [9.17, 15) is 14.9 Å². The number of nitrogens with zero attached hydrogens (tertiary/aromatic N) is 3. The third kappa shape index (κ3) is 5.69. The second kappa shape index (κ2) is 11.6. The topological polar surface area (TPSA) is 101 Å². The van der Waals surface area contributed by atoms with Crippen LogP contribution < -0.4 is 4.74 Å². The summed E-state index contributed by atoms with van der Waals surface area (Å²) in [6, 6.07) is 7.04. The van der Waals surface area contributed by atoms with E-state index in [0.29, 0.717) is 13.0 Å². The van der Waals surface area contributed by atoms with Gasteiger partial charge in [-0.25, -0.2) is 0 Å². The van der Waals surface area contributed by atoms with E-state index in [-0.39, 0.29) is 60.2 Å². The van der Waals surface area contributed by atoms with E-state index < -0.39 is 12.0 Å². The normalized spacial score (nSPS) is 29.2. The lowest BCUT2D eigenvalue weighted by Crippen LogP contribution is -2.47. The van der Waals surface area contributed by atoms with E-state index in [1.807, 2.05) is 6.92 Å². The molecule has 0 N–H and O–H groups in total. The highest BCUT2D eigenvalue weighted by molar-refractivity contribution is 5.97. The van der Waals surface area contributed by atoms with Crippen LogP contribution in [0.2, 0.25) is 0 Å². The lowest BCUT2D eigenvalue weighted by molar-refractivity contribution is -0.147. The monoisotopic (exact) mass is 473 g/mol. The van der Waals surface area contributed by atoms with E-state index in [2.05, 4.69) is 6.07 Å². The number of likely N-dealkylation sites (N-methyl/N-ethyl adjacent to an activating group) is 1. The van der Waals surface area contributed by atoms with Crippen molar-refractivity contribution >= 4 is 11.8 Å². The molecule has 0 unspecified atom stereocenters. The highest BCUT2D eigenvalue weighted by atomic mass is 16.6. The van der Waals surface area contributed by atoms with Gasteiger partial charge in [0, 0.05) is 41.4 Å². The SMILES string of the molecule is CO[C@@H]1CC[C@H]2CCN(C)C(=O)[C@@H](C)[C@H](OC)CN(C)C(=O)c3cccc(C#N)c3OC[C@@H]1O2. The summed E-state index contributed by atoms with van der Waals surface area (Å²) in [5.74, 6) is -0.582. The first-order valence-electron chi connectivity index (χ1n) is 11.7. The van der Waals surface area contributed by atoms with E-state index in [1.54, 1.807) is 44.3 Å². The summed E-state index contributed by atoms with van der Waals surface area (Å²) in [7, 11) is 6.61. The molecule has 2 aliphatic heterocycles. The van der Waals surface area contributed by atoms with Gasteiger partial charge in [-0.3, -0.25) is 9.59 Å². The second-order valence-electron chi connectivity index (χ2n) is 9.05. The zero-order chi connectivity index (χ0) is 24.8. The molecule has 186 valence electrons. The Labute approximate surface area is 201 Å². The number of carbonyl (C=O) groups excluding carboxylic acids is 2. The first-order chi connectivity index (χ1) is 16.3. The molecule has 2 heterocycles. The van der Waals surface area contributed by atoms with Crippen molar-refractivity contribution in [1.82, 2.24) is 9.80 Å². The molecule has 2 amide bonds. The average Bonchev–Trinajstić information content (AvgIpc) is 2.86. The van der Waals surface area contributed by atoms with Crippen molar-refractivity contribution in [2.24, 2.45) is 5.92 Å². The van der Waals surface area contributed by atoms with Crippen molar-refractivity contribution < 1.29 is 28.5 Å². The Morgan fingerprint density at radius 3 is 2.47 bits per heavy atom. The van der Waals surface area contributed by atoms with Crippen molar-refractivity contribution in [3.8, 4) is 11.8 Å². The lowest BCUT2D eigenvalue weighted by Gasteiger charge is -2.37. The molecule has 1 aromatic rings. The first kappa shape index (κ1) is 25.9. The van der Waals surface area contributed by atoms with Crippen LogP contribution in [0.15, 0.2) is 18.2 Å². The molecule has 2 aliphatic rings. The van der Waals surface area contributed by atoms with Gasteiger partial charge < -0.3 is 28.7 Å². The highest BCUT2D eigenvalue weighted by Crippen LogP contribution is 2.29. The molecule has 0 aromatic heterocycles. The number of benzene rings is 1. The first-order valence-corrected chi connectivity index (χ1v) is 11.7. The molecule has 0 aliphatic carbocycles. The largest absolute Gasteiger partial charge is 0.489 e. The Bertz CT molecular complexity index is 916. The number of amides is 2. The van der Waals surface area contributed by atoms with Gasteiger partial charge in [0.25, 0.3) is 5.91 Å². The minimum atomic E-state index is -0.488. The predicted octanol–water partition coefficient (Wildman–Crippen LogP) is 2.08. The molecule has 2 bridgehead atoms. The number of hydrogen-bond acceptors (Lipinski definition) is 7. The summed E-state index contributed by atoms with van der Waals surface area (Å²) in [6.45, 7) is 2.72. The molecule has 9 nitrogen and oxygen atoms in total. The average molecular weight is 474 g/mol. The van der Waals surface area contributed by atoms with Gasteiger partial charge in [0.1, 0.15) is 24.5 Å². The third-order valence-corrected chi connectivity index (χ3v) is 6.83. The number of carbonyl (C=O) groups is 2. The number of ether oxygens (including phenoxy) is 4. The molecular weight excluding hydrogens is 438 g/mol. The predicted molar refractivity (Wildman–Crippen MR) is 125 cm³/mol. The van der Waals surface area contributed by atoms with Crippen LogP contribution in [0.3, 0.4) is 0 Å². The number of hydrogen-bond donors (Lipinski definition) is 0. The summed E-state index contributed by atoms with van der Waals surface area (Å²) in [5.41, 5.74) is 0.552. The molecule has 1 saturated heterocycles. The molecule has 9 heteroatoms. The van der Waals surface area contributed by atoms with Crippen LogP contribution in [-0.4, -0.2) is 94.0 Å². The highest BCUT2D eigenvalue weighted by Gasteiger charge is 2.34. The molecular formula is C25H35N3O6. The molecule has 34 heavy (non-hydrogen) atoms. The minimum Gasteiger partial charge on any atom is -0.489 e. The van der Waals surface area contributed by atoms with Gasteiger partial charge in [-0.05, 0) is 31.4 Å². The van der Waals surface area contributed by atoms with Gasteiger partial charge in [0.15, 0.2) is 0 Å². The molecule has 0 radical (unpaired) electrons. The van der Waals surface area contributed by atoms with E-state index in [0.717, 1.165) is 12.8 Å². The van der Waals surface area contributed by atoms with Crippen LogP contribution in [0.25, 0.3) is 0 Å². The van der Waals surface area contributed by atoms with Crippen molar-refractivity contribution in [3.63, 3.8) is 0 Å². The third-order valence-electron chi connectivity index (χ3n) is 6.83. The standard InChI is InChI=1S/C25H35N3O6/c1-16-21(32-5)14-28(3)25(30)19-8-6-7-17(13-26)23(19)33-15-22-20(31-4)10-9-18(34-22)11-12-27(2)24(16)29/h6-8,16,18,20-22H,9-12,14-15H2,1-5H3/t16-,18-,20+,21+,22-/m0/s1. The maximum Gasteiger partial charge on any atom is 0.257 e. The number of methoxy groups -OCH3 is 2. The van der Waals surface area contributed by atoms with Gasteiger partial charge in [-0.15, -0.1) is 0 Å². The van der Waals surface area contributed by atoms with Crippen LogP contribution in [0.4, 0.5) is 0 Å². The fraction of sp³-hybridized carbons (Fsp3) is 0.640. The second-order valence-corrected chi connectivity index (χ2v) is 9.05. The van der Waals surface area contributed by atoms with Crippen molar-refractivity contribution in [1.29, 1.82) is 5.26 Å². The van der Waals surface area contributed by atoms with Gasteiger partial charge in [-0.1, -0.05) is 13.0 Å². The van der Waals surface area contributed by atoms with Gasteiger partial charge in [-0.2, -0.15) is 5.26 Å². The molecule has 5 atom stereocenters.